The van der Waals surface area contributed by atoms with Gasteiger partial charge in [-0.25, -0.2) is 0 Å². The minimum Gasteiger partial charge on any atom is -0.328 e. The normalized spacial score (nSPS) is 22.3. The van der Waals surface area contributed by atoms with Gasteiger partial charge in [0.2, 0.25) is 5.78 Å². The molecule has 2 unspecified atom stereocenters. The fourth-order valence-electron chi connectivity index (χ4n) is 3.80. The van der Waals surface area contributed by atoms with E-state index in [4.69, 9.17) is 0 Å². The predicted octanol–water partition coefficient (Wildman–Crippen LogP) is 3.74. The maximum absolute atomic E-state index is 12.8. The lowest BCUT2D eigenvalue weighted by molar-refractivity contribution is -0.142. The second-order valence-corrected chi connectivity index (χ2v) is 8.16. The molecule has 1 heterocycles. The number of ketones is 2. The standard InChI is InChI=1S/C22H20BrNO3/c23-17-10-8-15(9-11-17)19-18(20(25)16-6-7-16)21(26)22(27)24(19)13-12-14-4-2-1-3-5-14/h1-5,8-11,16,18-19H,6-7,12-13H2. The van der Waals surface area contributed by atoms with Gasteiger partial charge in [0.1, 0.15) is 11.7 Å². The molecule has 2 aromatic carbocycles. The smallest absolute Gasteiger partial charge is 0.291 e. The molecule has 138 valence electrons. The summed E-state index contributed by atoms with van der Waals surface area (Å²) in [6.07, 6.45) is 2.30. The highest BCUT2D eigenvalue weighted by atomic mass is 79.9. The van der Waals surface area contributed by atoms with Gasteiger partial charge in [0, 0.05) is 16.9 Å². The van der Waals surface area contributed by atoms with E-state index in [1.165, 1.54) is 0 Å². The molecule has 1 saturated heterocycles. The van der Waals surface area contributed by atoms with Crippen LogP contribution in [-0.4, -0.2) is 28.9 Å². The highest BCUT2D eigenvalue weighted by Gasteiger charge is 2.53. The van der Waals surface area contributed by atoms with Gasteiger partial charge < -0.3 is 4.90 Å². The van der Waals surface area contributed by atoms with E-state index < -0.39 is 23.7 Å². The summed E-state index contributed by atoms with van der Waals surface area (Å²) >= 11 is 3.42. The lowest BCUT2D eigenvalue weighted by atomic mass is 9.87. The molecule has 1 saturated carbocycles. The largest absolute Gasteiger partial charge is 0.328 e. The highest BCUT2D eigenvalue weighted by Crippen LogP contribution is 2.42. The van der Waals surface area contributed by atoms with Crippen molar-refractivity contribution in [2.45, 2.75) is 25.3 Å². The summed E-state index contributed by atoms with van der Waals surface area (Å²) in [5.74, 6) is -2.07. The quantitative estimate of drug-likeness (QED) is 0.523. The van der Waals surface area contributed by atoms with Crippen LogP contribution < -0.4 is 0 Å². The maximum atomic E-state index is 12.8. The summed E-state index contributed by atoms with van der Waals surface area (Å²) in [7, 11) is 0. The molecule has 2 atom stereocenters. The molecule has 0 N–H and O–H groups in total. The van der Waals surface area contributed by atoms with Crippen LogP contribution in [0.25, 0.3) is 0 Å². The van der Waals surface area contributed by atoms with Crippen molar-refractivity contribution in [3.8, 4) is 0 Å². The molecule has 1 amide bonds. The van der Waals surface area contributed by atoms with Gasteiger partial charge >= 0.3 is 0 Å². The average molecular weight is 426 g/mol. The number of rotatable bonds is 6. The molecule has 2 aliphatic rings. The van der Waals surface area contributed by atoms with Gasteiger partial charge in [-0.1, -0.05) is 58.4 Å². The summed E-state index contributed by atoms with van der Waals surface area (Å²) in [5.41, 5.74) is 1.94. The van der Waals surface area contributed by atoms with Crippen LogP contribution in [-0.2, 0) is 20.8 Å². The minimum absolute atomic E-state index is 0.0567. The van der Waals surface area contributed by atoms with Gasteiger partial charge in [-0.2, -0.15) is 0 Å². The summed E-state index contributed by atoms with van der Waals surface area (Å²) in [6.45, 7) is 0.420. The second kappa shape index (κ2) is 7.39. The second-order valence-electron chi connectivity index (χ2n) is 7.25. The molecule has 2 fully saturated rings. The molecular formula is C22H20BrNO3. The number of likely N-dealkylation sites (tertiary alicyclic amines) is 1. The molecule has 1 aliphatic heterocycles. The zero-order valence-corrected chi connectivity index (χ0v) is 16.4. The number of carbonyl (C=O) groups is 3. The van der Waals surface area contributed by atoms with E-state index in [2.05, 4.69) is 15.9 Å². The number of carbonyl (C=O) groups excluding carboxylic acids is 3. The Labute approximate surface area is 166 Å². The van der Waals surface area contributed by atoms with Gasteiger partial charge in [0.25, 0.3) is 5.91 Å². The van der Waals surface area contributed by atoms with E-state index in [1.54, 1.807) is 4.90 Å². The Hall–Kier alpha value is -2.27. The third-order valence-electron chi connectivity index (χ3n) is 5.39. The number of benzene rings is 2. The van der Waals surface area contributed by atoms with Gasteiger partial charge in [-0.3, -0.25) is 14.4 Å². The first-order valence-corrected chi connectivity index (χ1v) is 10.0. The molecule has 4 rings (SSSR count). The number of nitrogens with zero attached hydrogens (tertiary/aromatic N) is 1. The van der Waals surface area contributed by atoms with E-state index in [-0.39, 0.29) is 11.7 Å². The first-order chi connectivity index (χ1) is 13.1. The average Bonchev–Trinajstić information content (AvgIpc) is 3.50. The number of hydrogen-bond acceptors (Lipinski definition) is 3. The topological polar surface area (TPSA) is 54.5 Å². The van der Waals surface area contributed by atoms with E-state index >= 15 is 0 Å². The lowest BCUT2D eigenvalue weighted by Crippen LogP contribution is -2.32. The van der Waals surface area contributed by atoms with Crippen LogP contribution in [0.2, 0.25) is 0 Å². The third-order valence-corrected chi connectivity index (χ3v) is 5.92. The Kier molecular flexibility index (Phi) is 4.96. The molecule has 1 aliphatic carbocycles. The SMILES string of the molecule is O=C1C(=O)N(CCc2ccccc2)C(c2ccc(Br)cc2)C1C(=O)C1CC1. The molecule has 0 aromatic heterocycles. The Morgan fingerprint density at radius 3 is 2.30 bits per heavy atom. The van der Waals surface area contributed by atoms with Gasteiger partial charge in [0.15, 0.2) is 0 Å². The number of halogens is 1. The summed E-state index contributed by atoms with van der Waals surface area (Å²) in [5, 5.41) is 0. The van der Waals surface area contributed by atoms with Crippen LogP contribution in [0, 0.1) is 11.8 Å². The zero-order valence-electron chi connectivity index (χ0n) is 14.8. The Balaban J connectivity index is 1.66. The van der Waals surface area contributed by atoms with Crippen LogP contribution >= 0.6 is 15.9 Å². The minimum atomic E-state index is -0.873. The van der Waals surface area contributed by atoms with Gasteiger partial charge in [-0.05, 0) is 42.5 Å². The Bertz CT molecular complexity index is 874. The third kappa shape index (κ3) is 3.61. The van der Waals surface area contributed by atoms with Crippen molar-refractivity contribution >= 4 is 33.4 Å². The van der Waals surface area contributed by atoms with E-state index in [1.807, 2.05) is 54.6 Å². The summed E-state index contributed by atoms with van der Waals surface area (Å²) < 4.78 is 0.919. The van der Waals surface area contributed by atoms with Crippen molar-refractivity contribution < 1.29 is 14.4 Å². The highest BCUT2D eigenvalue weighted by molar-refractivity contribution is 9.10. The molecular weight excluding hydrogens is 406 g/mol. The van der Waals surface area contributed by atoms with Crippen molar-refractivity contribution in [3.05, 3.63) is 70.2 Å². The van der Waals surface area contributed by atoms with Crippen LogP contribution in [0.15, 0.2) is 59.1 Å². The van der Waals surface area contributed by atoms with Crippen molar-refractivity contribution in [2.75, 3.05) is 6.54 Å². The van der Waals surface area contributed by atoms with Crippen molar-refractivity contribution in [1.29, 1.82) is 0 Å². The van der Waals surface area contributed by atoms with Crippen LogP contribution in [0.5, 0.6) is 0 Å². The first-order valence-electron chi connectivity index (χ1n) is 9.24. The van der Waals surface area contributed by atoms with E-state index in [0.29, 0.717) is 13.0 Å². The molecule has 0 spiro atoms. The molecule has 0 radical (unpaired) electrons. The fourth-order valence-corrected chi connectivity index (χ4v) is 4.06. The predicted molar refractivity (Wildman–Crippen MR) is 105 cm³/mol. The van der Waals surface area contributed by atoms with Crippen molar-refractivity contribution in [3.63, 3.8) is 0 Å². The van der Waals surface area contributed by atoms with E-state index in [0.717, 1.165) is 28.4 Å². The lowest BCUT2D eigenvalue weighted by Gasteiger charge is -2.27. The molecule has 4 nitrogen and oxygen atoms in total. The molecule has 0 bridgehead atoms. The fraction of sp³-hybridized carbons (Fsp3) is 0.318. The molecule has 5 heteroatoms. The summed E-state index contributed by atoms with van der Waals surface area (Å²) in [4.78, 5) is 39.9. The van der Waals surface area contributed by atoms with E-state index in [9.17, 15) is 14.4 Å². The van der Waals surface area contributed by atoms with Crippen molar-refractivity contribution in [1.82, 2.24) is 4.90 Å². The van der Waals surface area contributed by atoms with Crippen LogP contribution in [0.3, 0.4) is 0 Å². The molecule has 2 aromatic rings. The zero-order chi connectivity index (χ0) is 19.0. The first kappa shape index (κ1) is 18.1. The van der Waals surface area contributed by atoms with Gasteiger partial charge in [0.05, 0.1) is 6.04 Å². The Morgan fingerprint density at radius 2 is 1.67 bits per heavy atom. The summed E-state index contributed by atoms with van der Waals surface area (Å²) in [6, 6.07) is 16.9. The Morgan fingerprint density at radius 1 is 1.00 bits per heavy atom. The maximum Gasteiger partial charge on any atom is 0.291 e. The monoisotopic (exact) mass is 425 g/mol. The van der Waals surface area contributed by atoms with Crippen molar-refractivity contribution in [2.24, 2.45) is 11.8 Å². The van der Waals surface area contributed by atoms with Crippen LogP contribution in [0.1, 0.15) is 30.0 Å². The molecule has 27 heavy (non-hydrogen) atoms. The van der Waals surface area contributed by atoms with Gasteiger partial charge in [-0.15, -0.1) is 0 Å². The number of Topliss-reactive ketones (excluding diaryl/α,β-unsaturated/α-hetero) is 2. The number of amides is 1. The number of hydrogen-bond donors (Lipinski definition) is 0. The van der Waals surface area contributed by atoms with Crippen LogP contribution in [0.4, 0.5) is 0 Å².